The minimum absolute atomic E-state index is 0.0819. The Bertz CT molecular complexity index is 649. The third kappa shape index (κ3) is 4.42. The van der Waals surface area contributed by atoms with Crippen LogP contribution in [0.2, 0.25) is 0 Å². The van der Waals surface area contributed by atoms with E-state index >= 15 is 0 Å². The van der Waals surface area contributed by atoms with E-state index in [1.54, 1.807) is 13.0 Å². The van der Waals surface area contributed by atoms with E-state index in [-0.39, 0.29) is 24.3 Å². The van der Waals surface area contributed by atoms with E-state index < -0.39 is 5.54 Å². The van der Waals surface area contributed by atoms with Crippen LogP contribution in [0, 0.1) is 12.8 Å². The fourth-order valence-electron chi connectivity index (χ4n) is 3.92. The molecule has 2 unspecified atom stereocenters. The monoisotopic (exact) mass is 363 g/mol. The Morgan fingerprint density at radius 2 is 2.08 bits per heavy atom. The van der Waals surface area contributed by atoms with Crippen molar-refractivity contribution in [1.29, 1.82) is 0 Å². The number of hydrogen-bond donors (Lipinski definition) is 2. The summed E-state index contributed by atoms with van der Waals surface area (Å²) in [6.07, 6.45) is 3.96. The van der Waals surface area contributed by atoms with Gasteiger partial charge in [0.1, 0.15) is 5.76 Å². The van der Waals surface area contributed by atoms with Gasteiger partial charge in [-0.3, -0.25) is 14.5 Å². The summed E-state index contributed by atoms with van der Waals surface area (Å²) in [7, 11) is 0. The fourth-order valence-corrected chi connectivity index (χ4v) is 3.92. The number of carbonyl (C=O) groups excluding carboxylic acids is 2. The summed E-state index contributed by atoms with van der Waals surface area (Å²) in [5.74, 6) is 1.06. The molecule has 2 aliphatic rings. The quantitative estimate of drug-likeness (QED) is 0.826. The fraction of sp³-hybridized carbons (Fsp3) is 0.722. The first-order valence-electron chi connectivity index (χ1n) is 9.38. The second-order valence-corrected chi connectivity index (χ2v) is 7.78. The van der Waals surface area contributed by atoms with Gasteiger partial charge in [-0.05, 0) is 26.7 Å². The SMILES string of the molecule is Cc1cc(NC(=O)CN2CCN(C(=O)C3CCCCC3(C)N)CC2)no1. The van der Waals surface area contributed by atoms with Gasteiger partial charge in [-0.1, -0.05) is 18.0 Å². The molecule has 1 aromatic heterocycles. The second kappa shape index (κ2) is 7.75. The van der Waals surface area contributed by atoms with Crippen molar-refractivity contribution in [2.75, 3.05) is 38.0 Å². The maximum atomic E-state index is 12.9. The van der Waals surface area contributed by atoms with Gasteiger partial charge in [0.15, 0.2) is 5.82 Å². The van der Waals surface area contributed by atoms with Crippen LogP contribution in [-0.4, -0.2) is 65.0 Å². The molecule has 8 heteroatoms. The number of aryl methyl sites for hydroxylation is 1. The maximum absolute atomic E-state index is 12.9. The van der Waals surface area contributed by atoms with Crippen LogP contribution in [0.1, 0.15) is 38.4 Å². The van der Waals surface area contributed by atoms with E-state index in [4.69, 9.17) is 10.3 Å². The van der Waals surface area contributed by atoms with E-state index in [2.05, 4.69) is 15.4 Å². The molecule has 1 aliphatic heterocycles. The molecule has 2 heterocycles. The molecule has 26 heavy (non-hydrogen) atoms. The number of piperazine rings is 1. The van der Waals surface area contributed by atoms with Gasteiger partial charge in [-0.25, -0.2) is 0 Å². The summed E-state index contributed by atoms with van der Waals surface area (Å²) >= 11 is 0. The van der Waals surface area contributed by atoms with Crippen LogP contribution < -0.4 is 11.1 Å². The van der Waals surface area contributed by atoms with Crippen molar-refractivity contribution in [3.63, 3.8) is 0 Å². The van der Waals surface area contributed by atoms with E-state index in [1.807, 2.05) is 11.8 Å². The lowest BCUT2D eigenvalue weighted by atomic mass is 9.74. The van der Waals surface area contributed by atoms with Gasteiger partial charge in [0.05, 0.1) is 12.5 Å². The van der Waals surface area contributed by atoms with Crippen LogP contribution in [0.25, 0.3) is 0 Å². The third-order valence-electron chi connectivity index (χ3n) is 5.50. The van der Waals surface area contributed by atoms with Crippen molar-refractivity contribution in [1.82, 2.24) is 15.0 Å². The molecule has 3 rings (SSSR count). The highest BCUT2D eigenvalue weighted by atomic mass is 16.5. The van der Waals surface area contributed by atoms with Crippen LogP contribution >= 0.6 is 0 Å². The number of aromatic nitrogens is 1. The zero-order valence-corrected chi connectivity index (χ0v) is 15.7. The molecule has 2 atom stereocenters. The smallest absolute Gasteiger partial charge is 0.239 e. The molecular weight excluding hydrogens is 334 g/mol. The van der Waals surface area contributed by atoms with E-state index in [1.165, 1.54) is 0 Å². The number of nitrogens with one attached hydrogen (secondary N) is 1. The van der Waals surface area contributed by atoms with Crippen LogP contribution in [0.4, 0.5) is 5.82 Å². The van der Waals surface area contributed by atoms with Gasteiger partial charge in [0, 0.05) is 37.8 Å². The van der Waals surface area contributed by atoms with Crippen LogP contribution in [-0.2, 0) is 9.59 Å². The molecule has 3 N–H and O–H groups in total. The number of nitrogens with zero attached hydrogens (tertiary/aromatic N) is 3. The number of rotatable bonds is 4. The maximum Gasteiger partial charge on any atom is 0.239 e. The van der Waals surface area contributed by atoms with Crippen molar-refractivity contribution in [2.45, 2.75) is 45.1 Å². The molecule has 0 aromatic carbocycles. The number of nitrogens with two attached hydrogens (primary N) is 1. The Morgan fingerprint density at radius 3 is 2.69 bits per heavy atom. The second-order valence-electron chi connectivity index (χ2n) is 7.78. The van der Waals surface area contributed by atoms with Gasteiger partial charge < -0.3 is 20.5 Å². The van der Waals surface area contributed by atoms with Crippen molar-refractivity contribution >= 4 is 17.6 Å². The molecule has 1 saturated heterocycles. The molecule has 2 amide bonds. The van der Waals surface area contributed by atoms with Crippen molar-refractivity contribution in [2.24, 2.45) is 11.7 Å². The van der Waals surface area contributed by atoms with Crippen molar-refractivity contribution < 1.29 is 14.1 Å². The topological polar surface area (TPSA) is 105 Å². The molecule has 1 aromatic rings. The number of anilines is 1. The zero-order valence-electron chi connectivity index (χ0n) is 15.7. The summed E-state index contributed by atoms with van der Waals surface area (Å²) in [4.78, 5) is 28.9. The van der Waals surface area contributed by atoms with Gasteiger partial charge in [0.25, 0.3) is 0 Å². The Morgan fingerprint density at radius 1 is 1.35 bits per heavy atom. The molecule has 8 nitrogen and oxygen atoms in total. The summed E-state index contributed by atoms with van der Waals surface area (Å²) in [5, 5.41) is 6.48. The zero-order chi connectivity index (χ0) is 18.7. The van der Waals surface area contributed by atoms with Gasteiger partial charge in [0.2, 0.25) is 11.8 Å². The lowest BCUT2D eigenvalue weighted by Gasteiger charge is -2.42. The number of carbonyl (C=O) groups is 2. The number of amides is 2. The summed E-state index contributed by atoms with van der Waals surface area (Å²) in [6.45, 7) is 6.71. The standard InChI is InChI=1S/C18H29N5O3/c1-13-11-15(21-26-13)20-16(24)12-22-7-9-23(10-8-22)17(25)14-5-3-4-6-18(14,2)19/h11,14H,3-10,12,19H2,1-2H3,(H,20,21,24). The van der Waals surface area contributed by atoms with Crippen LogP contribution in [0.3, 0.4) is 0 Å². The Kier molecular flexibility index (Phi) is 5.62. The summed E-state index contributed by atoms with van der Waals surface area (Å²) in [6, 6.07) is 1.68. The lowest BCUT2D eigenvalue weighted by molar-refractivity contribution is -0.140. The minimum atomic E-state index is -0.401. The first-order chi connectivity index (χ1) is 12.3. The highest BCUT2D eigenvalue weighted by Gasteiger charge is 2.40. The predicted octanol–water partition coefficient (Wildman–Crippen LogP) is 0.973. The van der Waals surface area contributed by atoms with Crippen LogP contribution in [0.15, 0.2) is 10.6 Å². The van der Waals surface area contributed by atoms with E-state index in [0.29, 0.717) is 37.8 Å². The largest absolute Gasteiger partial charge is 0.360 e. The molecular formula is C18H29N5O3. The third-order valence-corrected chi connectivity index (χ3v) is 5.50. The average molecular weight is 363 g/mol. The first kappa shape index (κ1) is 18.8. The van der Waals surface area contributed by atoms with E-state index in [0.717, 1.165) is 25.7 Å². The Labute approximate surface area is 154 Å². The first-order valence-corrected chi connectivity index (χ1v) is 9.38. The average Bonchev–Trinajstić information content (AvgIpc) is 2.99. The highest BCUT2D eigenvalue weighted by Crippen LogP contribution is 2.33. The van der Waals surface area contributed by atoms with Gasteiger partial charge >= 0.3 is 0 Å². The minimum Gasteiger partial charge on any atom is -0.360 e. The molecule has 1 saturated carbocycles. The lowest BCUT2D eigenvalue weighted by Crippen LogP contribution is -2.57. The molecule has 0 spiro atoms. The molecule has 144 valence electrons. The molecule has 1 aliphatic carbocycles. The van der Waals surface area contributed by atoms with Gasteiger partial charge in [-0.2, -0.15) is 0 Å². The van der Waals surface area contributed by atoms with E-state index in [9.17, 15) is 9.59 Å². The van der Waals surface area contributed by atoms with Crippen LogP contribution in [0.5, 0.6) is 0 Å². The number of hydrogen-bond acceptors (Lipinski definition) is 6. The van der Waals surface area contributed by atoms with Crippen molar-refractivity contribution in [3.8, 4) is 0 Å². The summed E-state index contributed by atoms with van der Waals surface area (Å²) < 4.78 is 4.94. The van der Waals surface area contributed by atoms with Gasteiger partial charge in [-0.15, -0.1) is 0 Å². The Hall–Kier alpha value is -1.93. The Balaban J connectivity index is 1.46. The normalized spacial score (nSPS) is 27.3. The molecule has 0 radical (unpaired) electrons. The predicted molar refractivity (Wildman–Crippen MR) is 97.4 cm³/mol. The summed E-state index contributed by atoms with van der Waals surface area (Å²) in [5.41, 5.74) is 5.97. The molecule has 2 fully saturated rings. The molecule has 0 bridgehead atoms. The highest BCUT2D eigenvalue weighted by molar-refractivity contribution is 5.91. The van der Waals surface area contributed by atoms with Crippen molar-refractivity contribution in [3.05, 3.63) is 11.8 Å².